The van der Waals surface area contributed by atoms with Crippen molar-refractivity contribution in [1.29, 1.82) is 10.5 Å². The molecule has 0 radical (unpaired) electrons. The van der Waals surface area contributed by atoms with Gasteiger partial charge in [0.15, 0.2) is 0 Å². The topological polar surface area (TPSA) is 186 Å². The number of benzene rings is 2. The Labute approximate surface area is 224 Å². The molecule has 0 unspecified atom stereocenters. The number of hydrogen-bond acceptors (Lipinski definition) is 10. The molecule has 2 N–H and O–H groups in total. The Bertz CT molecular complexity index is 1550. The molecule has 0 bridgehead atoms. The van der Waals surface area contributed by atoms with Gasteiger partial charge in [0.25, 0.3) is 15.9 Å². The summed E-state index contributed by atoms with van der Waals surface area (Å²) in [6, 6.07) is 14.5. The number of aryl methyl sites for hydroxylation is 1. The van der Waals surface area contributed by atoms with Gasteiger partial charge in [-0.1, -0.05) is 18.3 Å². The largest absolute Gasteiger partial charge is 0.322 e. The van der Waals surface area contributed by atoms with Gasteiger partial charge >= 0.3 is 0 Å². The van der Waals surface area contributed by atoms with Gasteiger partial charge in [0.05, 0.1) is 21.9 Å². The number of anilines is 2. The second-order valence-electron chi connectivity index (χ2n) is 7.68. The molecular weight excluding hydrogens is 550 g/mol. The molecule has 0 saturated heterocycles. The predicted octanol–water partition coefficient (Wildman–Crippen LogP) is 2.97. The first-order chi connectivity index (χ1) is 18.1. The van der Waals surface area contributed by atoms with Crippen molar-refractivity contribution in [2.24, 2.45) is 0 Å². The van der Waals surface area contributed by atoms with Crippen LogP contribution in [0, 0.1) is 22.7 Å². The molecule has 0 aliphatic rings. The highest BCUT2D eigenvalue weighted by molar-refractivity contribution is 7.93. The van der Waals surface area contributed by atoms with Crippen molar-refractivity contribution in [2.75, 3.05) is 23.1 Å². The first-order valence-electron chi connectivity index (χ1n) is 11.2. The monoisotopic (exact) mass is 573 g/mol. The molecule has 15 heteroatoms. The van der Waals surface area contributed by atoms with E-state index in [1.165, 1.54) is 48.5 Å². The molecule has 0 saturated carbocycles. The van der Waals surface area contributed by atoms with Crippen LogP contribution in [0.2, 0.25) is 0 Å². The normalized spacial score (nSPS) is 11.5. The summed E-state index contributed by atoms with van der Waals surface area (Å²) in [6.45, 7) is 1.78. The zero-order valence-electron chi connectivity index (χ0n) is 20.2. The highest BCUT2D eigenvalue weighted by Crippen LogP contribution is 2.22. The van der Waals surface area contributed by atoms with Crippen LogP contribution in [-0.4, -0.2) is 50.3 Å². The van der Waals surface area contributed by atoms with E-state index in [2.05, 4.69) is 20.2 Å². The molecular formula is C23H23N7O5S3. The van der Waals surface area contributed by atoms with Crippen LogP contribution in [0.1, 0.15) is 35.1 Å². The first-order valence-corrected chi connectivity index (χ1v) is 15.0. The van der Waals surface area contributed by atoms with Gasteiger partial charge in [0.1, 0.15) is 5.01 Å². The van der Waals surface area contributed by atoms with Gasteiger partial charge in [-0.05, 0) is 55.0 Å². The second-order valence-corrected chi connectivity index (χ2v) is 12.4. The van der Waals surface area contributed by atoms with Crippen molar-refractivity contribution < 1.29 is 21.6 Å². The Hall–Kier alpha value is -3.89. The average Bonchev–Trinajstić information content (AvgIpc) is 3.35. The molecule has 0 aliphatic heterocycles. The average molecular weight is 574 g/mol. The number of nitrogens with one attached hydrogen (secondary N) is 2. The minimum absolute atomic E-state index is 0.0246. The van der Waals surface area contributed by atoms with E-state index >= 15 is 0 Å². The molecule has 1 aromatic heterocycles. The maximum absolute atomic E-state index is 12.9. The van der Waals surface area contributed by atoms with Gasteiger partial charge in [-0.3, -0.25) is 9.52 Å². The van der Waals surface area contributed by atoms with Crippen LogP contribution in [-0.2, 0) is 26.5 Å². The van der Waals surface area contributed by atoms with Gasteiger partial charge in [0, 0.05) is 37.2 Å². The zero-order valence-corrected chi connectivity index (χ0v) is 22.6. The van der Waals surface area contributed by atoms with Gasteiger partial charge in [-0.2, -0.15) is 14.8 Å². The second kappa shape index (κ2) is 12.6. The van der Waals surface area contributed by atoms with Crippen molar-refractivity contribution in [3.8, 4) is 12.1 Å². The number of carbonyl (C=O) groups is 1. The third kappa shape index (κ3) is 7.11. The molecule has 38 heavy (non-hydrogen) atoms. The standard InChI is InChI=1S/C23H23N7O5S3/c1-2-21-27-28-23(36-21)29-37(32,33)19-11-7-18(8-12-19)26-22(31)17-5-9-20(10-6-17)38(34,35)30(15-3-13-24)16-4-14-25/h5-12H,2-4,15-16H2,1H3,(H,26,31)(H,28,29). The fraction of sp³-hybridized carbons (Fsp3) is 0.261. The molecule has 3 aromatic rings. The summed E-state index contributed by atoms with van der Waals surface area (Å²) >= 11 is 1.14. The van der Waals surface area contributed by atoms with Gasteiger partial charge in [-0.25, -0.2) is 16.8 Å². The number of rotatable bonds is 12. The minimum Gasteiger partial charge on any atom is -0.322 e. The Morgan fingerprint density at radius 3 is 2.03 bits per heavy atom. The number of sulfonamides is 2. The van der Waals surface area contributed by atoms with Crippen LogP contribution in [0.3, 0.4) is 0 Å². The van der Waals surface area contributed by atoms with E-state index in [1.54, 1.807) is 0 Å². The summed E-state index contributed by atoms with van der Waals surface area (Å²) in [5, 5.41) is 28.8. The summed E-state index contributed by atoms with van der Waals surface area (Å²) in [5.74, 6) is -0.533. The molecule has 12 nitrogen and oxygen atoms in total. The quantitative estimate of drug-likeness (QED) is 0.328. The number of hydrogen-bond donors (Lipinski definition) is 2. The zero-order chi connectivity index (χ0) is 27.8. The summed E-state index contributed by atoms with van der Waals surface area (Å²) in [4.78, 5) is 12.6. The molecule has 1 heterocycles. The van der Waals surface area contributed by atoms with Gasteiger partial charge in [-0.15, -0.1) is 10.2 Å². The van der Waals surface area contributed by atoms with Crippen molar-refractivity contribution >= 4 is 48.1 Å². The smallest absolute Gasteiger partial charge is 0.263 e. The van der Waals surface area contributed by atoms with Crippen LogP contribution >= 0.6 is 11.3 Å². The van der Waals surface area contributed by atoms with Crippen LogP contribution in [0.5, 0.6) is 0 Å². The fourth-order valence-corrected chi connectivity index (χ4v) is 6.51. The molecule has 0 aliphatic carbocycles. The number of aromatic nitrogens is 2. The lowest BCUT2D eigenvalue weighted by molar-refractivity contribution is 0.102. The highest BCUT2D eigenvalue weighted by Gasteiger charge is 2.24. The summed E-state index contributed by atoms with van der Waals surface area (Å²) in [6.07, 6.45) is 0.585. The third-order valence-electron chi connectivity index (χ3n) is 5.11. The van der Waals surface area contributed by atoms with E-state index in [4.69, 9.17) is 10.5 Å². The first kappa shape index (κ1) is 28.7. The van der Waals surface area contributed by atoms with E-state index in [0.29, 0.717) is 17.1 Å². The van der Waals surface area contributed by atoms with Crippen molar-refractivity contribution in [3.05, 3.63) is 59.1 Å². The molecule has 1 amide bonds. The van der Waals surface area contributed by atoms with Crippen LogP contribution in [0.4, 0.5) is 10.8 Å². The predicted molar refractivity (Wildman–Crippen MR) is 140 cm³/mol. The SMILES string of the molecule is CCc1nnc(NS(=O)(=O)c2ccc(NC(=O)c3ccc(S(=O)(=O)N(CCC#N)CCC#N)cc3)cc2)s1. The summed E-state index contributed by atoms with van der Waals surface area (Å²) in [7, 11) is -7.85. The molecule has 3 rings (SSSR count). The van der Waals surface area contributed by atoms with E-state index in [-0.39, 0.29) is 46.4 Å². The third-order valence-corrected chi connectivity index (χ3v) is 9.49. The Balaban J connectivity index is 1.68. The van der Waals surface area contributed by atoms with Crippen LogP contribution in [0.25, 0.3) is 0 Å². The van der Waals surface area contributed by atoms with Crippen molar-refractivity contribution in [2.45, 2.75) is 36.0 Å². The Morgan fingerprint density at radius 2 is 1.50 bits per heavy atom. The maximum Gasteiger partial charge on any atom is 0.263 e. The van der Waals surface area contributed by atoms with Crippen molar-refractivity contribution in [3.63, 3.8) is 0 Å². The minimum atomic E-state index is -3.96. The van der Waals surface area contributed by atoms with E-state index in [9.17, 15) is 21.6 Å². The number of carbonyl (C=O) groups excluding carboxylic acids is 1. The van der Waals surface area contributed by atoms with E-state index in [0.717, 1.165) is 15.6 Å². The van der Waals surface area contributed by atoms with Crippen molar-refractivity contribution in [1.82, 2.24) is 14.5 Å². The van der Waals surface area contributed by atoms with Crippen LogP contribution in [0.15, 0.2) is 58.3 Å². The molecule has 0 atom stereocenters. The lowest BCUT2D eigenvalue weighted by Gasteiger charge is -2.20. The maximum atomic E-state index is 12.9. The Morgan fingerprint density at radius 1 is 0.921 bits per heavy atom. The van der Waals surface area contributed by atoms with Gasteiger partial charge < -0.3 is 5.32 Å². The molecule has 0 fully saturated rings. The van der Waals surface area contributed by atoms with Gasteiger partial charge in [0.2, 0.25) is 15.2 Å². The molecule has 198 valence electrons. The lowest BCUT2D eigenvalue weighted by Crippen LogP contribution is -2.32. The lowest BCUT2D eigenvalue weighted by atomic mass is 10.2. The number of nitriles is 2. The number of nitrogens with zero attached hydrogens (tertiary/aromatic N) is 5. The molecule has 0 spiro atoms. The highest BCUT2D eigenvalue weighted by atomic mass is 32.2. The van der Waals surface area contributed by atoms with E-state index < -0.39 is 26.0 Å². The Kier molecular flexibility index (Phi) is 9.49. The van der Waals surface area contributed by atoms with E-state index in [1.807, 2.05) is 19.1 Å². The summed E-state index contributed by atoms with van der Waals surface area (Å²) < 4.78 is 54.4. The summed E-state index contributed by atoms with van der Waals surface area (Å²) in [5.41, 5.74) is 0.500. The number of amides is 1. The fourth-order valence-electron chi connectivity index (χ4n) is 3.16. The van der Waals surface area contributed by atoms with Crippen LogP contribution < -0.4 is 10.0 Å². The molecule has 2 aromatic carbocycles.